The van der Waals surface area contributed by atoms with Gasteiger partial charge in [0.25, 0.3) is 0 Å². The minimum Gasteiger partial charge on any atom is -0.200 e. The van der Waals surface area contributed by atoms with Crippen molar-refractivity contribution >= 4 is 0 Å². The fourth-order valence-corrected chi connectivity index (χ4v) is 1.10. The molecule has 0 N–H and O–H groups in total. The van der Waals surface area contributed by atoms with Gasteiger partial charge in [0, 0.05) is 13.1 Å². The minimum atomic E-state index is -4.52. The number of rotatable bonds is 1. The van der Waals surface area contributed by atoms with E-state index in [1.807, 2.05) is 0 Å². The monoisotopic (exact) mass is 169 g/mol. The van der Waals surface area contributed by atoms with Crippen molar-refractivity contribution in [2.75, 3.05) is 13.1 Å². The molecule has 0 bridgehead atoms. The van der Waals surface area contributed by atoms with Gasteiger partial charge in [-0.3, -0.25) is 0 Å². The maximum absolute atomic E-state index is 11.6. The summed E-state index contributed by atoms with van der Waals surface area (Å²) >= 11 is 0. The van der Waals surface area contributed by atoms with E-state index in [1.54, 1.807) is 0 Å². The minimum absolute atomic E-state index is 0.388. The molecule has 0 aromatic heterocycles. The highest BCUT2D eigenvalue weighted by atomic mass is 19.4. The van der Waals surface area contributed by atoms with E-state index in [4.69, 9.17) is 0 Å². The quantitative estimate of drug-likeness (QED) is 0.594. The van der Waals surface area contributed by atoms with Crippen LogP contribution in [-0.4, -0.2) is 24.5 Å². The standard InChI is InChI=1S/C6H10F3NO/c7-6(8,9)11-10-4-2-1-3-5-10/h1-5H2. The van der Waals surface area contributed by atoms with Gasteiger partial charge in [-0.25, -0.2) is 4.84 Å². The van der Waals surface area contributed by atoms with Crippen molar-refractivity contribution in [1.82, 2.24) is 5.06 Å². The van der Waals surface area contributed by atoms with Crippen molar-refractivity contribution in [2.24, 2.45) is 0 Å². The molecule has 1 saturated heterocycles. The van der Waals surface area contributed by atoms with Gasteiger partial charge in [0.1, 0.15) is 0 Å². The lowest BCUT2D eigenvalue weighted by atomic mass is 10.2. The first-order chi connectivity index (χ1) is 5.08. The zero-order valence-corrected chi connectivity index (χ0v) is 6.02. The van der Waals surface area contributed by atoms with Crippen molar-refractivity contribution in [3.05, 3.63) is 0 Å². The zero-order valence-electron chi connectivity index (χ0n) is 6.02. The molecule has 0 unspecified atom stereocenters. The Hall–Kier alpha value is -0.290. The van der Waals surface area contributed by atoms with Gasteiger partial charge < -0.3 is 0 Å². The summed E-state index contributed by atoms with van der Waals surface area (Å²) in [7, 11) is 0. The average molecular weight is 169 g/mol. The molecule has 0 aromatic carbocycles. The maximum atomic E-state index is 11.6. The van der Waals surface area contributed by atoms with Gasteiger partial charge >= 0.3 is 6.36 Å². The van der Waals surface area contributed by atoms with E-state index in [0.717, 1.165) is 24.3 Å². The second-order valence-electron chi connectivity index (χ2n) is 2.53. The molecule has 66 valence electrons. The number of alkyl halides is 3. The molecule has 0 aliphatic carbocycles. The summed E-state index contributed by atoms with van der Waals surface area (Å²) < 4.78 is 34.7. The maximum Gasteiger partial charge on any atom is 0.539 e. The Labute approximate surface area is 62.9 Å². The van der Waals surface area contributed by atoms with E-state index in [-0.39, 0.29) is 0 Å². The summed E-state index contributed by atoms with van der Waals surface area (Å²) in [6, 6.07) is 0. The molecule has 1 aliphatic heterocycles. The molecule has 0 saturated carbocycles. The van der Waals surface area contributed by atoms with Crippen LogP contribution in [0.3, 0.4) is 0 Å². The molecule has 0 aromatic rings. The Kier molecular flexibility index (Phi) is 2.72. The van der Waals surface area contributed by atoms with E-state index >= 15 is 0 Å². The fraction of sp³-hybridized carbons (Fsp3) is 1.00. The van der Waals surface area contributed by atoms with Gasteiger partial charge in [-0.05, 0) is 12.8 Å². The second-order valence-corrected chi connectivity index (χ2v) is 2.53. The Bertz CT molecular complexity index is 119. The third-order valence-corrected chi connectivity index (χ3v) is 1.55. The normalized spacial score (nSPS) is 22.1. The first kappa shape index (κ1) is 8.80. The smallest absolute Gasteiger partial charge is 0.200 e. The van der Waals surface area contributed by atoms with Crippen LogP contribution in [0.5, 0.6) is 0 Å². The fourth-order valence-electron chi connectivity index (χ4n) is 1.10. The molecule has 1 rings (SSSR count). The first-order valence-corrected chi connectivity index (χ1v) is 3.59. The van der Waals surface area contributed by atoms with Gasteiger partial charge in [0.2, 0.25) is 0 Å². The van der Waals surface area contributed by atoms with E-state index < -0.39 is 6.36 Å². The van der Waals surface area contributed by atoms with Crippen molar-refractivity contribution in [2.45, 2.75) is 25.6 Å². The highest BCUT2D eigenvalue weighted by Gasteiger charge is 2.33. The van der Waals surface area contributed by atoms with Gasteiger partial charge in [-0.2, -0.15) is 5.06 Å². The van der Waals surface area contributed by atoms with Crippen LogP contribution in [0.25, 0.3) is 0 Å². The zero-order chi connectivity index (χ0) is 8.32. The van der Waals surface area contributed by atoms with Crippen molar-refractivity contribution in [1.29, 1.82) is 0 Å². The summed E-state index contributed by atoms with van der Waals surface area (Å²) in [5.41, 5.74) is 0. The summed E-state index contributed by atoms with van der Waals surface area (Å²) in [4.78, 5) is 3.71. The first-order valence-electron chi connectivity index (χ1n) is 3.59. The molecule has 0 amide bonds. The number of piperidine rings is 1. The third-order valence-electron chi connectivity index (χ3n) is 1.55. The van der Waals surface area contributed by atoms with Crippen molar-refractivity contribution in [3.63, 3.8) is 0 Å². The van der Waals surface area contributed by atoms with Crippen LogP contribution in [0.4, 0.5) is 13.2 Å². The molecular formula is C6H10F3NO. The Balaban J connectivity index is 2.24. The molecule has 11 heavy (non-hydrogen) atoms. The van der Waals surface area contributed by atoms with Crippen LogP contribution < -0.4 is 0 Å². The molecule has 0 atom stereocenters. The molecule has 0 radical (unpaired) electrons. The number of hydrogen-bond acceptors (Lipinski definition) is 2. The summed E-state index contributed by atoms with van der Waals surface area (Å²) in [6.45, 7) is 0.777. The predicted octanol–water partition coefficient (Wildman–Crippen LogP) is 1.92. The van der Waals surface area contributed by atoms with E-state index in [9.17, 15) is 13.2 Å². The van der Waals surface area contributed by atoms with E-state index in [2.05, 4.69) is 4.84 Å². The lowest BCUT2D eigenvalue weighted by Gasteiger charge is -2.25. The molecule has 1 heterocycles. The van der Waals surface area contributed by atoms with Crippen LogP contribution in [-0.2, 0) is 4.84 Å². The highest BCUT2D eigenvalue weighted by molar-refractivity contribution is 4.56. The molecule has 1 aliphatic rings. The largest absolute Gasteiger partial charge is 0.539 e. The van der Waals surface area contributed by atoms with Crippen molar-refractivity contribution < 1.29 is 18.0 Å². The van der Waals surface area contributed by atoms with Crippen LogP contribution in [0.2, 0.25) is 0 Å². The lowest BCUT2D eigenvalue weighted by molar-refractivity contribution is -0.416. The van der Waals surface area contributed by atoms with Gasteiger partial charge in [0.05, 0.1) is 0 Å². The molecule has 2 nitrogen and oxygen atoms in total. The number of nitrogens with zero attached hydrogens (tertiary/aromatic N) is 1. The lowest BCUT2D eigenvalue weighted by Crippen LogP contribution is -2.35. The SMILES string of the molecule is FC(F)(F)ON1CCCCC1. The Morgan fingerprint density at radius 1 is 1.00 bits per heavy atom. The van der Waals surface area contributed by atoms with Gasteiger partial charge in [0.15, 0.2) is 0 Å². The van der Waals surface area contributed by atoms with Crippen LogP contribution in [0.15, 0.2) is 0 Å². The van der Waals surface area contributed by atoms with Crippen LogP contribution in [0, 0.1) is 0 Å². The highest BCUT2D eigenvalue weighted by Crippen LogP contribution is 2.20. The number of halogens is 3. The Morgan fingerprint density at radius 2 is 1.55 bits per heavy atom. The Morgan fingerprint density at radius 3 is 2.00 bits per heavy atom. The topological polar surface area (TPSA) is 12.5 Å². The molecule has 5 heteroatoms. The van der Waals surface area contributed by atoms with E-state index in [0.29, 0.717) is 13.1 Å². The van der Waals surface area contributed by atoms with Gasteiger partial charge in [-0.15, -0.1) is 13.2 Å². The van der Waals surface area contributed by atoms with E-state index in [1.165, 1.54) is 0 Å². The second kappa shape index (κ2) is 3.40. The average Bonchev–Trinajstić information content (AvgIpc) is 1.85. The van der Waals surface area contributed by atoms with Crippen molar-refractivity contribution in [3.8, 4) is 0 Å². The summed E-state index contributed by atoms with van der Waals surface area (Å²) in [5, 5.41) is 0.976. The molecule has 1 fully saturated rings. The molecular weight excluding hydrogens is 159 g/mol. The third kappa shape index (κ3) is 3.57. The predicted molar refractivity (Wildman–Crippen MR) is 32.6 cm³/mol. The number of hydroxylamine groups is 2. The molecule has 0 spiro atoms. The number of hydrogen-bond donors (Lipinski definition) is 0. The van der Waals surface area contributed by atoms with Crippen LogP contribution >= 0.6 is 0 Å². The summed E-state index contributed by atoms with van der Waals surface area (Å²) in [5.74, 6) is 0. The van der Waals surface area contributed by atoms with Crippen LogP contribution in [0.1, 0.15) is 19.3 Å². The summed E-state index contributed by atoms with van der Waals surface area (Å²) in [6.07, 6.45) is -1.94. The van der Waals surface area contributed by atoms with Gasteiger partial charge in [-0.1, -0.05) is 6.42 Å².